The Morgan fingerprint density at radius 2 is 2.27 bits per heavy atom. The van der Waals surface area contributed by atoms with E-state index < -0.39 is 6.17 Å². The van der Waals surface area contributed by atoms with Crippen LogP contribution in [0, 0.1) is 6.92 Å². The lowest BCUT2D eigenvalue weighted by Gasteiger charge is -2.19. The van der Waals surface area contributed by atoms with E-state index in [2.05, 4.69) is 11.0 Å². The van der Waals surface area contributed by atoms with Gasteiger partial charge in [-0.05, 0) is 48.9 Å². The van der Waals surface area contributed by atoms with Crippen LogP contribution in [0.4, 0.5) is 4.39 Å². The molecule has 1 atom stereocenters. The Morgan fingerprint density at radius 1 is 1.45 bits per heavy atom. The van der Waals surface area contributed by atoms with Gasteiger partial charge in [0.05, 0.1) is 0 Å². The lowest BCUT2D eigenvalue weighted by atomic mass is 10.1. The van der Waals surface area contributed by atoms with Crippen LogP contribution >= 0.6 is 11.3 Å². The smallest absolute Gasteiger partial charge is 0.259 e. The zero-order chi connectivity index (χ0) is 15.7. The molecule has 0 aromatic carbocycles. The number of rotatable bonds is 4. The molecule has 2 aromatic heterocycles. The molecule has 0 radical (unpaired) electrons. The minimum atomic E-state index is -0.724. The van der Waals surface area contributed by atoms with Crippen LogP contribution in [0.25, 0.3) is 5.00 Å². The van der Waals surface area contributed by atoms with Gasteiger partial charge in [0, 0.05) is 30.9 Å². The summed E-state index contributed by atoms with van der Waals surface area (Å²) in [5.74, 6) is 0. The molecule has 22 heavy (non-hydrogen) atoms. The predicted molar refractivity (Wildman–Crippen MR) is 88.8 cm³/mol. The fourth-order valence-electron chi connectivity index (χ4n) is 3.20. The molecule has 3 rings (SSSR count). The lowest BCUT2D eigenvalue weighted by Crippen LogP contribution is -2.28. The number of hydrogen-bond donors (Lipinski definition) is 0. The molecule has 0 saturated carbocycles. The van der Waals surface area contributed by atoms with Gasteiger partial charge in [0.1, 0.15) is 11.2 Å². The highest BCUT2D eigenvalue weighted by molar-refractivity contribution is 7.12. The Morgan fingerprint density at radius 3 is 2.86 bits per heavy atom. The van der Waals surface area contributed by atoms with Gasteiger partial charge in [0.15, 0.2) is 0 Å². The van der Waals surface area contributed by atoms with E-state index in [9.17, 15) is 9.18 Å². The molecule has 118 valence electrons. The van der Waals surface area contributed by atoms with E-state index in [1.807, 2.05) is 31.4 Å². The van der Waals surface area contributed by atoms with Crippen molar-refractivity contribution < 1.29 is 4.39 Å². The first-order valence-electron chi connectivity index (χ1n) is 7.75. The summed E-state index contributed by atoms with van der Waals surface area (Å²) in [6.45, 7) is 5.90. The number of likely N-dealkylation sites (tertiary alicyclic amines) is 1. The number of halogens is 1. The van der Waals surface area contributed by atoms with Crippen molar-refractivity contribution in [1.82, 2.24) is 9.47 Å². The molecule has 3 heterocycles. The third-order valence-electron chi connectivity index (χ3n) is 4.27. The SMILES string of the molecule is CCc1c(CN2CCC(F)C2)cc(C)n(-c2cccs2)c1=O. The molecule has 1 fully saturated rings. The minimum Gasteiger partial charge on any atom is -0.296 e. The summed E-state index contributed by atoms with van der Waals surface area (Å²) in [5, 5.41) is 2.93. The van der Waals surface area contributed by atoms with E-state index in [-0.39, 0.29) is 5.56 Å². The maximum absolute atomic E-state index is 13.4. The van der Waals surface area contributed by atoms with E-state index in [1.165, 1.54) is 0 Å². The molecule has 1 aliphatic heterocycles. The zero-order valence-corrected chi connectivity index (χ0v) is 13.8. The molecule has 5 heteroatoms. The van der Waals surface area contributed by atoms with Crippen molar-refractivity contribution in [3.63, 3.8) is 0 Å². The lowest BCUT2D eigenvalue weighted by molar-refractivity contribution is 0.281. The Labute approximate surface area is 134 Å². The van der Waals surface area contributed by atoms with Crippen LogP contribution in [0.1, 0.15) is 30.2 Å². The topological polar surface area (TPSA) is 25.2 Å². The number of hydrogen-bond acceptors (Lipinski definition) is 3. The van der Waals surface area contributed by atoms with Gasteiger partial charge in [-0.2, -0.15) is 0 Å². The van der Waals surface area contributed by atoms with E-state index in [4.69, 9.17) is 0 Å². The second kappa shape index (κ2) is 6.34. The summed E-state index contributed by atoms with van der Waals surface area (Å²) in [7, 11) is 0. The summed E-state index contributed by atoms with van der Waals surface area (Å²) in [5.41, 5.74) is 2.90. The normalized spacial score (nSPS) is 19.0. The fourth-order valence-corrected chi connectivity index (χ4v) is 3.98. The molecule has 0 N–H and O–H groups in total. The average molecular weight is 320 g/mol. The number of alkyl halides is 1. The number of thiophene rings is 1. The molecular weight excluding hydrogens is 299 g/mol. The van der Waals surface area contributed by atoms with Gasteiger partial charge in [0.2, 0.25) is 0 Å². The number of aryl methyl sites for hydroxylation is 1. The third-order valence-corrected chi connectivity index (χ3v) is 5.13. The molecule has 0 aliphatic carbocycles. The quantitative estimate of drug-likeness (QED) is 0.863. The second-order valence-electron chi connectivity index (χ2n) is 5.86. The Bertz CT molecular complexity index is 708. The van der Waals surface area contributed by atoms with Crippen molar-refractivity contribution in [1.29, 1.82) is 0 Å². The predicted octanol–water partition coefficient (Wildman–Crippen LogP) is 3.31. The van der Waals surface area contributed by atoms with Crippen LogP contribution < -0.4 is 5.56 Å². The highest BCUT2D eigenvalue weighted by Crippen LogP contribution is 2.21. The second-order valence-corrected chi connectivity index (χ2v) is 6.78. The highest BCUT2D eigenvalue weighted by atomic mass is 32.1. The molecule has 3 nitrogen and oxygen atoms in total. The Hall–Kier alpha value is -1.46. The van der Waals surface area contributed by atoms with Crippen molar-refractivity contribution in [3.05, 3.63) is 50.8 Å². The molecule has 1 aliphatic rings. The van der Waals surface area contributed by atoms with Gasteiger partial charge < -0.3 is 0 Å². The first kappa shape index (κ1) is 15.4. The van der Waals surface area contributed by atoms with Gasteiger partial charge >= 0.3 is 0 Å². The molecule has 1 unspecified atom stereocenters. The van der Waals surface area contributed by atoms with Gasteiger partial charge in [-0.3, -0.25) is 14.3 Å². The van der Waals surface area contributed by atoms with Crippen molar-refractivity contribution in [2.24, 2.45) is 0 Å². The van der Waals surface area contributed by atoms with Gasteiger partial charge in [-0.25, -0.2) is 4.39 Å². The summed E-state index contributed by atoms with van der Waals surface area (Å²) in [6, 6.07) is 6.01. The van der Waals surface area contributed by atoms with Crippen LogP contribution in [0.2, 0.25) is 0 Å². The van der Waals surface area contributed by atoms with Crippen molar-refractivity contribution in [3.8, 4) is 5.00 Å². The van der Waals surface area contributed by atoms with E-state index in [0.29, 0.717) is 25.9 Å². The van der Waals surface area contributed by atoms with Gasteiger partial charge in [-0.1, -0.05) is 6.92 Å². The van der Waals surface area contributed by atoms with Gasteiger partial charge in [0.25, 0.3) is 5.56 Å². The van der Waals surface area contributed by atoms with Crippen molar-refractivity contribution in [2.45, 2.75) is 39.4 Å². The highest BCUT2D eigenvalue weighted by Gasteiger charge is 2.23. The van der Waals surface area contributed by atoms with E-state index >= 15 is 0 Å². The largest absolute Gasteiger partial charge is 0.296 e. The maximum atomic E-state index is 13.4. The maximum Gasteiger partial charge on any atom is 0.259 e. The number of pyridine rings is 1. The molecular formula is C17H21FN2OS. The van der Waals surface area contributed by atoms with Crippen molar-refractivity contribution >= 4 is 11.3 Å². The first-order valence-corrected chi connectivity index (χ1v) is 8.62. The summed E-state index contributed by atoms with van der Waals surface area (Å²) in [6.07, 6.45) is 0.581. The molecule has 0 amide bonds. The third kappa shape index (κ3) is 2.88. The Kier molecular flexibility index (Phi) is 4.45. The molecule has 0 bridgehead atoms. The number of aromatic nitrogens is 1. The van der Waals surface area contributed by atoms with Crippen LogP contribution in [-0.4, -0.2) is 28.7 Å². The molecule has 1 saturated heterocycles. The van der Waals surface area contributed by atoms with Crippen LogP contribution in [0.5, 0.6) is 0 Å². The first-order chi connectivity index (χ1) is 10.6. The Balaban J connectivity index is 2.00. The zero-order valence-electron chi connectivity index (χ0n) is 13.0. The number of nitrogens with zero attached hydrogens (tertiary/aromatic N) is 2. The summed E-state index contributed by atoms with van der Waals surface area (Å²) in [4.78, 5) is 15.0. The minimum absolute atomic E-state index is 0.0657. The fraction of sp³-hybridized carbons (Fsp3) is 0.471. The molecule has 2 aromatic rings. The standard InChI is InChI=1S/C17H21FN2OS/c1-3-15-13(10-19-7-6-14(18)11-19)9-12(2)20(17(15)21)16-5-4-8-22-16/h4-5,8-9,14H,3,6-7,10-11H2,1-2H3. The summed E-state index contributed by atoms with van der Waals surface area (Å²) >= 11 is 1.57. The van der Waals surface area contributed by atoms with E-state index in [0.717, 1.165) is 28.4 Å². The monoisotopic (exact) mass is 320 g/mol. The van der Waals surface area contributed by atoms with Gasteiger partial charge in [-0.15, -0.1) is 11.3 Å². The average Bonchev–Trinajstić information content (AvgIpc) is 3.11. The van der Waals surface area contributed by atoms with Crippen molar-refractivity contribution in [2.75, 3.05) is 13.1 Å². The van der Waals surface area contributed by atoms with E-state index in [1.54, 1.807) is 15.9 Å². The van der Waals surface area contributed by atoms with Crippen LogP contribution in [0.3, 0.4) is 0 Å². The summed E-state index contributed by atoms with van der Waals surface area (Å²) < 4.78 is 15.1. The molecule has 0 spiro atoms. The van der Waals surface area contributed by atoms with Crippen LogP contribution in [0.15, 0.2) is 28.4 Å². The van der Waals surface area contributed by atoms with Crippen LogP contribution in [-0.2, 0) is 13.0 Å².